The molecule has 3 aromatic rings. The summed E-state index contributed by atoms with van der Waals surface area (Å²) in [5.74, 6) is -0.651. The molecule has 0 spiro atoms. The maximum Gasteiger partial charge on any atom is 0.415 e. The van der Waals surface area contributed by atoms with Crippen molar-refractivity contribution in [3.63, 3.8) is 0 Å². The van der Waals surface area contributed by atoms with Crippen LogP contribution in [-0.4, -0.2) is 87.0 Å². The number of rotatable bonds is 9. The number of hydrogen-bond donors (Lipinski definition) is 2. The van der Waals surface area contributed by atoms with Crippen molar-refractivity contribution in [3.8, 4) is 5.75 Å². The van der Waals surface area contributed by atoms with Crippen LogP contribution >= 0.6 is 0 Å². The van der Waals surface area contributed by atoms with Gasteiger partial charge >= 0.3 is 12.1 Å². The summed E-state index contributed by atoms with van der Waals surface area (Å²) in [6.07, 6.45) is 5.09. The number of anilines is 1. The molecule has 218 valence electrons. The number of likely N-dealkylation sites (tertiary alicyclic amines) is 1. The van der Waals surface area contributed by atoms with Gasteiger partial charge in [0.2, 0.25) is 11.8 Å². The molecular weight excluding hydrogens is 540 g/mol. The van der Waals surface area contributed by atoms with Gasteiger partial charge < -0.3 is 29.9 Å². The first-order valence-corrected chi connectivity index (χ1v) is 13.8. The third-order valence-electron chi connectivity index (χ3n) is 7.40. The molecule has 5 rings (SSSR count). The fourth-order valence-corrected chi connectivity index (χ4v) is 5.11. The summed E-state index contributed by atoms with van der Waals surface area (Å²) in [5.41, 5.74) is 1.43. The van der Waals surface area contributed by atoms with Crippen LogP contribution in [0.2, 0.25) is 0 Å². The predicted molar refractivity (Wildman–Crippen MR) is 152 cm³/mol. The molecule has 3 amide bonds. The Kier molecular flexibility index (Phi) is 8.90. The molecule has 2 fully saturated rings. The maximum atomic E-state index is 13.1. The topological polar surface area (TPSA) is 145 Å². The third kappa shape index (κ3) is 7.00. The number of carboxylic acids is 1. The van der Waals surface area contributed by atoms with Gasteiger partial charge in [-0.15, -0.1) is 0 Å². The highest BCUT2D eigenvalue weighted by molar-refractivity contribution is 5.93. The number of benzene rings is 1. The van der Waals surface area contributed by atoms with Crippen LogP contribution in [0, 0.1) is 0 Å². The van der Waals surface area contributed by atoms with Crippen molar-refractivity contribution in [2.75, 3.05) is 31.1 Å². The highest BCUT2D eigenvalue weighted by atomic mass is 16.6. The van der Waals surface area contributed by atoms with Gasteiger partial charge in [0, 0.05) is 64.2 Å². The molecule has 0 aliphatic carbocycles. The molecular formula is C30H32N6O6. The molecule has 2 atom stereocenters. The number of nitrogens with one attached hydrogen (secondary N) is 1. The SMILES string of the molecule is O=C(O)[C@H](Cc1ccc(OC(=O)N2CCN(c3ccccn3)CC2)cc1)NC(=O)[C@@H]1CCC(=O)N1Cc1cccnc1. The molecule has 2 aliphatic rings. The first-order chi connectivity index (χ1) is 20.4. The summed E-state index contributed by atoms with van der Waals surface area (Å²) in [6, 6.07) is 13.9. The first-order valence-electron chi connectivity index (χ1n) is 13.8. The number of aliphatic carboxylic acids is 1. The molecule has 2 saturated heterocycles. The van der Waals surface area contributed by atoms with Crippen LogP contribution in [0.5, 0.6) is 5.75 Å². The van der Waals surface area contributed by atoms with Crippen LogP contribution in [0.25, 0.3) is 0 Å². The number of pyridine rings is 2. The highest BCUT2D eigenvalue weighted by Gasteiger charge is 2.37. The van der Waals surface area contributed by atoms with Crippen molar-refractivity contribution in [1.29, 1.82) is 0 Å². The van der Waals surface area contributed by atoms with E-state index in [0.29, 0.717) is 43.9 Å². The van der Waals surface area contributed by atoms with Gasteiger partial charge in [0.1, 0.15) is 23.7 Å². The minimum atomic E-state index is -1.20. The van der Waals surface area contributed by atoms with Gasteiger partial charge in [-0.3, -0.25) is 14.6 Å². The molecule has 12 heteroatoms. The average molecular weight is 573 g/mol. The summed E-state index contributed by atoms with van der Waals surface area (Å²) >= 11 is 0. The number of aromatic nitrogens is 2. The van der Waals surface area contributed by atoms with E-state index in [9.17, 15) is 24.3 Å². The fraction of sp³-hybridized carbons (Fsp3) is 0.333. The zero-order valence-electron chi connectivity index (χ0n) is 23.0. The number of carbonyl (C=O) groups excluding carboxylic acids is 3. The number of nitrogens with zero attached hydrogens (tertiary/aromatic N) is 5. The number of carboxylic acid groups (broad SMARTS) is 1. The molecule has 0 bridgehead atoms. The zero-order chi connectivity index (χ0) is 29.5. The van der Waals surface area contributed by atoms with Gasteiger partial charge in [0.15, 0.2) is 0 Å². The summed E-state index contributed by atoms with van der Waals surface area (Å²) < 4.78 is 5.53. The van der Waals surface area contributed by atoms with E-state index in [2.05, 4.69) is 20.2 Å². The molecule has 0 unspecified atom stereocenters. The number of ether oxygens (including phenoxy) is 1. The lowest BCUT2D eigenvalue weighted by atomic mass is 10.0. The van der Waals surface area contributed by atoms with Gasteiger partial charge in [-0.2, -0.15) is 0 Å². The van der Waals surface area contributed by atoms with E-state index < -0.39 is 30.1 Å². The largest absolute Gasteiger partial charge is 0.480 e. The normalized spacial score (nSPS) is 17.6. The zero-order valence-corrected chi connectivity index (χ0v) is 23.0. The molecule has 0 radical (unpaired) electrons. The summed E-state index contributed by atoms with van der Waals surface area (Å²) in [4.78, 5) is 63.8. The van der Waals surface area contributed by atoms with Crippen LogP contribution in [0.4, 0.5) is 10.6 Å². The lowest BCUT2D eigenvalue weighted by molar-refractivity contribution is -0.143. The van der Waals surface area contributed by atoms with Crippen molar-refractivity contribution >= 4 is 29.7 Å². The smallest absolute Gasteiger partial charge is 0.415 e. The Morgan fingerprint density at radius 3 is 2.43 bits per heavy atom. The fourth-order valence-electron chi connectivity index (χ4n) is 5.11. The van der Waals surface area contributed by atoms with E-state index in [1.165, 1.54) is 4.90 Å². The van der Waals surface area contributed by atoms with Crippen LogP contribution in [0.3, 0.4) is 0 Å². The first kappa shape index (κ1) is 28.5. The van der Waals surface area contributed by atoms with Gasteiger partial charge in [-0.25, -0.2) is 14.6 Å². The summed E-state index contributed by atoms with van der Waals surface area (Å²) in [7, 11) is 0. The van der Waals surface area contributed by atoms with Crippen LogP contribution < -0.4 is 15.0 Å². The molecule has 2 aliphatic heterocycles. The Balaban J connectivity index is 1.13. The molecule has 2 aromatic heterocycles. The standard InChI is InChI=1S/C30H32N6O6/c37-27-11-10-25(36(27)20-22-4-3-12-31-19-22)28(38)33-24(29(39)40)18-21-6-8-23(9-7-21)42-30(41)35-16-14-34(15-17-35)26-5-1-2-13-32-26/h1-9,12-13,19,24-25H,10-11,14-18,20H2,(H,33,38)(H,39,40)/t24-,25-/m0/s1. The maximum absolute atomic E-state index is 13.1. The van der Waals surface area contributed by atoms with Crippen molar-refractivity contribution in [2.24, 2.45) is 0 Å². The molecule has 4 heterocycles. The Hall–Kier alpha value is -5.00. The Morgan fingerprint density at radius 1 is 0.976 bits per heavy atom. The average Bonchev–Trinajstić information content (AvgIpc) is 3.38. The van der Waals surface area contributed by atoms with E-state index in [0.717, 1.165) is 11.4 Å². The Labute approximate surface area is 242 Å². The highest BCUT2D eigenvalue weighted by Crippen LogP contribution is 2.22. The number of amides is 3. The molecule has 12 nitrogen and oxygen atoms in total. The van der Waals surface area contributed by atoms with Crippen molar-refractivity contribution in [3.05, 3.63) is 84.3 Å². The second kappa shape index (κ2) is 13.1. The van der Waals surface area contributed by atoms with Gasteiger partial charge in [-0.1, -0.05) is 24.3 Å². The lowest BCUT2D eigenvalue weighted by Gasteiger charge is -2.34. The predicted octanol–water partition coefficient (Wildman–Crippen LogP) is 2.10. The van der Waals surface area contributed by atoms with E-state index >= 15 is 0 Å². The third-order valence-corrected chi connectivity index (χ3v) is 7.40. The van der Waals surface area contributed by atoms with Crippen LogP contribution in [-0.2, 0) is 27.3 Å². The van der Waals surface area contributed by atoms with Crippen molar-refractivity contribution in [2.45, 2.75) is 37.9 Å². The molecule has 0 saturated carbocycles. The van der Waals surface area contributed by atoms with E-state index in [1.54, 1.807) is 53.8 Å². The Morgan fingerprint density at radius 2 is 1.76 bits per heavy atom. The van der Waals surface area contributed by atoms with Crippen molar-refractivity contribution in [1.82, 2.24) is 25.1 Å². The van der Waals surface area contributed by atoms with Crippen LogP contribution in [0.15, 0.2) is 73.2 Å². The quantitative estimate of drug-likeness (QED) is 0.394. The summed E-state index contributed by atoms with van der Waals surface area (Å²) in [5, 5.41) is 12.4. The molecule has 1 aromatic carbocycles. The lowest BCUT2D eigenvalue weighted by Crippen LogP contribution is -2.50. The van der Waals surface area contributed by atoms with Gasteiger partial charge in [0.05, 0.1) is 0 Å². The minimum absolute atomic E-state index is 0.0219. The molecule has 2 N–H and O–H groups in total. The number of piperazine rings is 1. The monoisotopic (exact) mass is 572 g/mol. The van der Waals surface area contributed by atoms with Crippen molar-refractivity contribution < 1.29 is 29.0 Å². The van der Waals surface area contributed by atoms with Gasteiger partial charge in [0.25, 0.3) is 0 Å². The number of hydrogen-bond acceptors (Lipinski definition) is 8. The van der Waals surface area contributed by atoms with E-state index in [4.69, 9.17) is 4.74 Å². The second-order valence-electron chi connectivity index (χ2n) is 10.2. The Bertz CT molecular complexity index is 1400. The minimum Gasteiger partial charge on any atom is -0.480 e. The number of carbonyl (C=O) groups is 4. The van der Waals surface area contributed by atoms with E-state index in [-0.39, 0.29) is 25.3 Å². The summed E-state index contributed by atoms with van der Waals surface area (Å²) in [6.45, 7) is 2.51. The van der Waals surface area contributed by atoms with E-state index in [1.807, 2.05) is 24.3 Å². The molecule has 42 heavy (non-hydrogen) atoms. The van der Waals surface area contributed by atoms with Gasteiger partial charge in [-0.05, 0) is 47.9 Å². The van der Waals surface area contributed by atoms with Crippen LogP contribution in [0.1, 0.15) is 24.0 Å². The second-order valence-corrected chi connectivity index (χ2v) is 10.2.